The van der Waals surface area contributed by atoms with Crippen LogP contribution in [0.3, 0.4) is 0 Å². The summed E-state index contributed by atoms with van der Waals surface area (Å²) in [5.74, 6) is -0.419. The second kappa shape index (κ2) is 4.18. The van der Waals surface area contributed by atoms with Crippen LogP contribution in [-0.4, -0.2) is 5.78 Å². The minimum Gasteiger partial charge on any atom is -0.294 e. The first-order valence-corrected chi connectivity index (χ1v) is 4.31. The number of aryl methyl sites for hydroxylation is 1. The number of alkyl halides is 2. The topological polar surface area (TPSA) is 40.9 Å². The molecule has 2 nitrogen and oxygen atoms in total. The molecule has 1 aromatic rings. The average molecular weight is 209 g/mol. The van der Waals surface area contributed by atoms with Crippen LogP contribution < -0.4 is 0 Å². The number of nitriles is 1. The molecule has 1 aromatic carbocycles. The van der Waals surface area contributed by atoms with E-state index in [4.69, 9.17) is 5.26 Å². The molecule has 0 aliphatic heterocycles. The highest BCUT2D eigenvalue weighted by molar-refractivity contribution is 5.96. The average Bonchev–Trinajstić information content (AvgIpc) is 2.16. The molecule has 4 heteroatoms. The van der Waals surface area contributed by atoms with E-state index in [0.29, 0.717) is 5.56 Å². The van der Waals surface area contributed by atoms with Gasteiger partial charge in [-0.3, -0.25) is 4.79 Å². The molecular formula is C11H9F2NO. The maximum atomic E-state index is 12.6. The van der Waals surface area contributed by atoms with Crippen LogP contribution in [0, 0.1) is 18.3 Å². The third-order valence-corrected chi connectivity index (χ3v) is 2.13. The summed E-state index contributed by atoms with van der Waals surface area (Å²) in [5.41, 5.74) is 0.327. The molecule has 78 valence electrons. The fourth-order valence-corrected chi connectivity index (χ4v) is 1.33. The summed E-state index contributed by atoms with van der Waals surface area (Å²) in [6.07, 6.45) is -2.74. The smallest absolute Gasteiger partial charge is 0.264 e. The minimum atomic E-state index is -2.74. The van der Waals surface area contributed by atoms with Gasteiger partial charge in [-0.2, -0.15) is 5.26 Å². The van der Waals surface area contributed by atoms with Crippen molar-refractivity contribution in [2.24, 2.45) is 0 Å². The number of benzene rings is 1. The van der Waals surface area contributed by atoms with Crippen molar-refractivity contribution in [1.29, 1.82) is 5.26 Å². The summed E-state index contributed by atoms with van der Waals surface area (Å²) in [4.78, 5) is 11.1. The fraction of sp³-hybridized carbons (Fsp3) is 0.273. The Bertz CT molecular complexity index is 447. The number of halogens is 2. The summed E-state index contributed by atoms with van der Waals surface area (Å²) in [7, 11) is 0. The second-order valence-electron chi connectivity index (χ2n) is 3.22. The molecule has 0 unspecified atom stereocenters. The molecule has 1 rings (SSSR count). The van der Waals surface area contributed by atoms with Gasteiger partial charge in [-0.05, 0) is 31.5 Å². The van der Waals surface area contributed by atoms with Crippen LogP contribution in [0.4, 0.5) is 8.78 Å². The van der Waals surface area contributed by atoms with E-state index >= 15 is 0 Å². The maximum Gasteiger partial charge on any atom is 0.264 e. The van der Waals surface area contributed by atoms with Gasteiger partial charge in [-0.15, -0.1) is 0 Å². The van der Waals surface area contributed by atoms with E-state index in [1.807, 2.05) is 6.07 Å². The Morgan fingerprint density at radius 2 is 2.07 bits per heavy atom. The van der Waals surface area contributed by atoms with E-state index in [0.717, 1.165) is 6.07 Å². The van der Waals surface area contributed by atoms with Crippen molar-refractivity contribution in [2.45, 2.75) is 20.3 Å². The van der Waals surface area contributed by atoms with Gasteiger partial charge in [0, 0.05) is 11.1 Å². The lowest BCUT2D eigenvalue weighted by Crippen LogP contribution is -2.02. The standard InChI is InChI=1S/C11H9F2NO/c1-6-3-9(7(2)15)10(11(12)13)4-8(6)5-14/h3-4,11H,1-2H3. The van der Waals surface area contributed by atoms with Crippen LogP contribution in [0.5, 0.6) is 0 Å². The minimum absolute atomic E-state index is 0.0125. The quantitative estimate of drug-likeness (QED) is 0.702. The molecule has 0 saturated carbocycles. The molecule has 0 heterocycles. The third-order valence-electron chi connectivity index (χ3n) is 2.13. The van der Waals surface area contributed by atoms with Crippen LogP contribution in [-0.2, 0) is 0 Å². The lowest BCUT2D eigenvalue weighted by molar-refractivity contribution is 0.0999. The molecule has 0 aliphatic carbocycles. The van der Waals surface area contributed by atoms with Gasteiger partial charge in [0.15, 0.2) is 5.78 Å². The fourth-order valence-electron chi connectivity index (χ4n) is 1.33. The van der Waals surface area contributed by atoms with Gasteiger partial charge in [-0.25, -0.2) is 8.78 Å². The van der Waals surface area contributed by atoms with Gasteiger partial charge >= 0.3 is 0 Å². The van der Waals surface area contributed by atoms with Crippen molar-refractivity contribution in [2.75, 3.05) is 0 Å². The highest BCUT2D eigenvalue weighted by Crippen LogP contribution is 2.26. The Morgan fingerprint density at radius 3 is 2.47 bits per heavy atom. The number of hydrogen-bond acceptors (Lipinski definition) is 2. The molecule has 0 amide bonds. The van der Waals surface area contributed by atoms with Crippen molar-refractivity contribution in [3.8, 4) is 6.07 Å². The molecule has 0 aliphatic rings. The molecule has 15 heavy (non-hydrogen) atoms. The maximum absolute atomic E-state index is 12.6. The zero-order valence-corrected chi connectivity index (χ0v) is 8.34. The first kappa shape index (κ1) is 11.3. The highest BCUT2D eigenvalue weighted by atomic mass is 19.3. The van der Waals surface area contributed by atoms with Gasteiger partial charge in [0.2, 0.25) is 0 Å². The SMILES string of the molecule is CC(=O)c1cc(C)c(C#N)cc1C(F)F. The van der Waals surface area contributed by atoms with Gasteiger partial charge in [0.1, 0.15) is 0 Å². The lowest BCUT2D eigenvalue weighted by Gasteiger charge is -2.08. The Hall–Kier alpha value is -1.76. The monoisotopic (exact) mass is 209 g/mol. The molecule has 0 bridgehead atoms. The van der Waals surface area contributed by atoms with E-state index in [1.54, 1.807) is 6.92 Å². The normalized spacial score (nSPS) is 10.1. The van der Waals surface area contributed by atoms with Crippen LogP contribution in [0.25, 0.3) is 0 Å². The van der Waals surface area contributed by atoms with Crippen LogP contribution in [0.15, 0.2) is 12.1 Å². The first-order valence-electron chi connectivity index (χ1n) is 4.31. The molecule has 0 fully saturated rings. The van der Waals surface area contributed by atoms with Crippen molar-refractivity contribution in [3.05, 3.63) is 34.4 Å². The predicted molar refractivity (Wildman–Crippen MR) is 50.9 cm³/mol. The zero-order valence-electron chi connectivity index (χ0n) is 8.34. The Labute approximate surface area is 86.1 Å². The van der Waals surface area contributed by atoms with E-state index in [1.165, 1.54) is 13.0 Å². The molecular weight excluding hydrogens is 200 g/mol. The van der Waals surface area contributed by atoms with E-state index < -0.39 is 12.2 Å². The summed E-state index contributed by atoms with van der Waals surface area (Å²) < 4.78 is 25.1. The number of carbonyl (C=O) groups is 1. The third kappa shape index (κ3) is 2.18. The summed E-state index contributed by atoms with van der Waals surface area (Å²) in [6.45, 7) is 2.84. The number of carbonyl (C=O) groups excluding carboxylic acids is 1. The first-order chi connectivity index (χ1) is 6.97. The van der Waals surface area contributed by atoms with Gasteiger partial charge in [0.25, 0.3) is 6.43 Å². The Kier molecular flexibility index (Phi) is 3.15. The van der Waals surface area contributed by atoms with Crippen LogP contribution in [0.1, 0.15) is 40.4 Å². The van der Waals surface area contributed by atoms with Crippen molar-refractivity contribution < 1.29 is 13.6 Å². The van der Waals surface area contributed by atoms with Crippen LogP contribution >= 0.6 is 0 Å². The Morgan fingerprint density at radius 1 is 1.47 bits per heavy atom. The zero-order chi connectivity index (χ0) is 11.6. The molecule has 0 atom stereocenters. The number of hydrogen-bond donors (Lipinski definition) is 0. The largest absolute Gasteiger partial charge is 0.294 e. The highest BCUT2D eigenvalue weighted by Gasteiger charge is 2.17. The van der Waals surface area contributed by atoms with Crippen molar-refractivity contribution in [1.82, 2.24) is 0 Å². The number of nitrogens with zero attached hydrogens (tertiary/aromatic N) is 1. The van der Waals surface area contributed by atoms with Crippen LogP contribution in [0.2, 0.25) is 0 Å². The molecule has 0 radical (unpaired) electrons. The van der Waals surface area contributed by atoms with Crippen molar-refractivity contribution in [3.63, 3.8) is 0 Å². The van der Waals surface area contributed by atoms with E-state index in [9.17, 15) is 13.6 Å². The molecule has 0 aromatic heterocycles. The second-order valence-corrected chi connectivity index (χ2v) is 3.22. The predicted octanol–water partition coefficient (Wildman–Crippen LogP) is 3.01. The number of ketones is 1. The number of Topliss-reactive ketones (excluding diaryl/α,β-unsaturated/α-hetero) is 1. The van der Waals surface area contributed by atoms with Crippen molar-refractivity contribution >= 4 is 5.78 Å². The molecule has 0 spiro atoms. The van der Waals surface area contributed by atoms with Gasteiger partial charge in [0.05, 0.1) is 11.6 Å². The number of rotatable bonds is 2. The lowest BCUT2D eigenvalue weighted by atomic mass is 9.98. The summed E-state index contributed by atoms with van der Waals surface area (Å²) in [5, 5.41) is 8.67. The summed E-state index contributed by atoms with van der Waals surface area (Å²) in [6, 6.07) is 4.23. The molecule has 0 N–H and O–H groups in total. The van der Waals surface area contributed by atoms with Gasteiger partial charge in [-0.1, -0.05) is 0 Å². The van der Waals surface area contributed by atoms with E-state index in [-0.39, 0.29) is 16.7 Å². The molecule has 0 saturated heterocycles. The Balaban J connectivity index is 3.47. The van der Waals surface area contributed by atoms with Gasteiger partial charge < -0.3 is 0 Å². The van der Waals surface area contributed by atoms with E-state index in [2.05, 4.69) is 0 Å². The summed E-state index contributed by atoms with van der Waals surface area (Å²) >= 11 is 0.